The van der Waals surface area contributed by atoms with Crippen LogP contribution in [-0.4, -0.2) is 60.3 Å². The Labute approximate surface area is 302 Å². The van der Waals surface area contributed by atoms with Crippen LogP contribution in [0.1, 0.15) is 22.3 Å². The lowest BCUT2D eigenvalue weighted by Crippen LogP contribution is -2.49. The average Bonchev–Trinajstić information content (AvgIpc) is 3.15. The van der Waals surface area contributed by atoms with Crippen molar-refractivity contribution < 1.29 is 19.2 Å². The highest BCUT2D eigenvalue weighted by Gasteiger charge is 2.23. The van der Waals surface area contributed by atoms with Crippen molar-refractivity contribution in [2.45, 2.75) is 24.9 Å². The Morgan fingerprint density at radius 1 is 0.500 bits per heavy atom. The second-order valence-corrected chi connectivity index (χ2v) is 13.8. The van der Waals surface area contributed by atoms with E-state index < -0.39 is 23.9 Å². The highest BCUT2D eigenvalue weighted by Crippen LogP contribution is 2.23. The van der Waals surface area contributed by atoms with Gasteiger partial charge in [0.25, 0.3) is 0 Å². The summed E-state index contributed by atoms with van der Waals surface area (Å²) < 4.78 is 0. The molecular weight excluding hydrogens is 665 g/mol. The molecule has 0 bridgehead atoms. The minimum absolute atomic E-state index is 0.247. The molecule has 4 aromatic carbocycles. The quantitative estimate of drug-likeness (QED) is 0.0583. The molecule has 0 radical (unpaired) electrons. The summed E-state index contributed by atoms with van der Waals surface area (Å²) in [6.45, 7) is 0.835. The van der Waals surface area contributed by atoms with Crippen molar-refractivity contribution in [2.75, 3.05) is 24.6 Å². The zero-order valence-electron chi connectivity index (χ0n) is 27.7. The van der Waals surface area contributed by atoms with E-state index in [-0.39, 0.29) is 23.3 Å². The minimum Gasteiger partial charge on any atom is -0.354 e. The van der Waals surface area contributed by atoms with Gasteiger partial charge in [0.1, 0.15) is 12.1 Å². The van der Waals surface area contributed by atoms with E-state index in [4.69, 9.17) is 0 Å². The first-order valence-corrected chi connectivity index (χ1v) is 18.9. The van der Waals surface area contributed by atoms with Crippen molar-refractivity contribution in [3.05, 3.63) is 156 Å². The van der Waals surface area contributed by atoms with Crippen molar-refractivity contribution in [2.24, 2.45) is 0 Å². The first-order chi connectivity index (χ1) is 24.5. The molecule has 2 unspecified atom stereocenters. The van der Waals surface area contributed by atoms with E-state index in [0.29, 0.717) is 25.9 Å². The summed E-state index contributed by atoms with van der Waals surface area (Å²) in [5.41, 5.74) is 3.92. The molecule has 258 valence electrons. The van der Waals surface area contributed by atoms with Crippen LogP contribution < -0.4 is 21.3 Å². The predicted molar refractivity (Wildman–Crippen MR) is 206 cm³/mol. The topological polar surface area (TPSA) is 116 Å². The number of amides is 4. The molecule has 0 saturated carbocycles. The smallest absolute Gasteiger partial charge is 0.244 e. The van der Waals surface area contributed by atoms with Gasteiger partial charge in [-0.15, -0.1) is 0 Å². The molecule has 0 aromatic heterocycles. The zero-order chi connectivity index (χ0) is 35.2. The molecule has 4 rings (SSSR count). The van der Waals surface area contributed by atoms with Gasteiger partial charge in [-0.05, 0) is 47.2 Å². The normalized spacial score (nSPS) is 12.2. The third-order valence-corrected chi connectivity index (χ3v) is 9.81. The van der Waals surface area contributed by atoms with E-state index in [1.165, 1.54) is 33.7 Å². The zero-order valence-corrected chi connectivity index (χ0v) is 29.3. The lowest BCUT2D eigenvalue weighted by atomic mass is 10.1. The van der Waals surface area contributed by atoms with Gasteiger partial charge >= 0.3 is 0 Å². The second-order valence-electron chi connectivity index (χ2n) is 11.2. The monoisotopic (exact) mass is 706 g/mol. The van der Waals surface area contributed by atoms with E-state index in [2.05, 4.69) is 21.3 Å². The number of rotatable bonds is 19. The Balaban J connectivity index is 1.35. The Morgan fingerprint density at radius 2 is 0.840 bits per heavy atom. The maximum Gasteiger partial charge on any atom is 0.244 e. The van der Waals surface area contributed by atoms with Crippen LogP contribution >= 0.6 is 21.6 Å². The van der Waals surface area contributed by atoms with Crippen LogP contribution in [0.15, 0.2) is 133 Å². The third kappa shape index (κ3) is 14.6. The molecule has 0 spiro atoms. The van der Waals surface area contributed by atoms with Gasteiger partial charge in [-0.2, -0.15) is 0 Å². The first-order valence-electron chi connectivity index (χ1n) is 16.4. The number of carbonyl (C=O) groups excluding carboxylic acids is 4. The van der Waals surface area contributed by atoms with Crippen LogP contribution in [0.3, 0.4) is 0 Å². The maximum absolute atomic E-state index is 13.2. The Morgan fingerprint density at radius 3 is 1.20 bits per heavy atom. The summed E-state index contributed by atoms with van der Waals surface area (Å²) in [6.07, 6.45) is 7.51. The molecule has 8 nitrogen and oxygen atoms in total. The number of hydrogen-bond acceptors (Lipinski definition) is 6. The predicted octanol–water partition coefficient (Wildman–Crippen LogP) is 5.48. The summed E-state index contributed by atoms with van der Waals surface area (Å²) in [4.78, 5) is 52.2. The van der Waals surface area contributed by atoms with Crippen molar-refractivity contribution in [3.8, 4) is 0 Å². The van der Waals surface area contributed by atoms with Gasteiger partial charge in [0.05, 0.1) is 0 Å². The molecule has 0 aliphatic rings. The lowest BCUT2D eigenvalue weighted by molar-refractivity contribution is -0.126. The highest BCUT2D eigenvalue weighted by atomic mass is 33.1. The number of hydrogen-bond donors (Lipinski definition) is 4. The van der Waals surface area contributed by atoms with Crippen molar-refractivity contribution in [3.63, 3.8) is 0 Å². The summed E-state index contributed by atoms with van der Waals surface area (Å²) in [5, 5.41) is 11.5. The summed E-state index contributed by atoms with van der Waals surface area (Å²) in [6, 6.07) is 36.9. The molecular formula is C40H42N4O4S2. The van der Waals surface area contributed by atoms with E-state index in [9.17, 15) is 19.2 Å². The minimum atomic E-state index is -0.822. The molecule has 0 fully saturated rings. The summed E-state index contributed by atoms with van der Waals surface area (Å²) in [7, 11) is 2.69. The van der Waals surface area contributed by atoms with Gasteiger partial charge in [0.2, 0.25) is 23.6 Å². The molecule has 0 aliphatic heterocycles. The first kappa shape index (κ1) is 37.8. The fraction of sp³-hybridized carbons (Fsp3) is 0.200. The SMILES string of the molecule is O=C(C=Cc1ccccc1)NC(CSSCC(NC(=O)C=Cc1ccccc1)C(=O)NCCc1ccccc1)C(=O)NCCc1ccccc1. The van der Waals surface area contributed by atoms with Crippen LogP contribution in [0, 0.1) is 0 Å². The van der Waals surface area contributed by atoms with Crippen molar-refractivity contribution >= 4 is 57.4 Å². The van der Waals surface area contributed by atoms with E-state index in [1.54, 1.807) is 12.2 Å². The highest BCUT2D eigenvalue weighted by molar-refractivity contribution is 8.76. The van der Waals surface area contributed by atoms with Crippen molar-refractivity contribution in [1.82, 2.24) is 21.3 Å². The van der Waals surface area contributed by atoms with Crippen LogP contribution in [0.5, 0.6) is 0 Å². The molecule has 4 amide bonds. The molecule has 0 heterocycles. The van der Waals surface area contributed by atoms with Gasteiger partial charge in [-0.25, -0.2) is 0 Å². The molecule has 4 N–H and O–H groups in total. The van der Waals surface area contributed by atoms with Gasteiger partial charge in [-0.3, -0.25) is 19.2 Å². The summed E-state index contributed by atoms with van der Waals surface area (Å²) >= 11 is 0. The fourth-order valence-electron chi connectivity index (χ4n) is 4.71. The van der Waals surface area contributed by atoms with Crippen LogP contribution in [0.25, 0.3) is 12.2 Å². The molecule has 0 saturated heterocycles. The Kier molecular flexibility index (Phi) is 16.5. The molecule has 0 aliphatic carbocycles. The van der Waals surface area contributed by atoms with E-state index in [0.717, 1.165) is 22.3 Å². The molecule has 50 heavy (non-hydrogen) atoms. The fourth-order valence-corrected chi connectivity index (χ4v) is 7.03. The standard InChI is InChI=1S/C40H42N4O4S2/c45-37(23-21-31-13-5-1-6-14-31)43-35(39(47)41-27-25-33-17-9-3-10-18-33)29-49-50-30-36(40(48)42-28-26-34-19-11-4-12-20-34)44-38(46)24-22-32-15-7-2-8-16-32/h1-24,35-36H,25-30H2,(H,41,47)(H,42,48)(H,43,45)(H,44,46). The number of benzene rings is 4. The molecule has 4 aromatic rings. The van der Waals surface area contributed by atoms with Crippen LogP contribution in [0.2, 0.25) is 0 Å². The molecule has 2 atom stereocenters. The third-order valence-electron chi connectivity index (χ3n) is 7.38. The van der Waals surface area contributed by atoms with Gasteiger partial charge in [-0.1, -0.05) is 143 Å². The number of nitrogens with one attached hydrogen (secondary N) is 4. The summed E-state index contributed by atoms with van der Waals surface area (Å²) in [5.74, 6) is -0.893. The van der Waals surface area contributed by atoms with E-state index >= 15 is 0 Å². The second kappa shape index (κ2) is 21.8. The van der Waals surface area contributed by atoms with Crippen molar-refractivity contribution in [1.29, 1.82) is 0 Å². The van der Waals surface area contributed by atoms with Gasteiger partial charge < -0.3 is 21.3 Å². The Bertz CT molecular complexity index is 1560. The Hall–Kier alpha value is -5.06. The van der Waals surface area contributed by atoms with Gasteiger partial charge in [0.15, 0.2) is 0 Å². The van der Waals surface area contributed by atoms with Crippen LogP contribution in [-0.2, 0) is 32.0 Å². The lowest BCUT2D eigenvalue weighted by Gasteiger charge is -2.19. The largest absolute Gasteiger partial charge is 0.354 e. The van der Waals surface area contributed by atoms with Gasteiger partial charge in [0, 0.05) is 36.7 Å². The number of carbonyl (C=O) groups is 4. The average molecular weight is 707 g/mol. The van der Waals surface area contributed by atoms with Crippen LogP contribution in [0.4, 0.5) is 0 Å². The van der Waals surface area contributed by atoms with E-state index in [1.807, 2.05) is 121 Å². The maximum atomic E-state index is 13.2. The molecule has 10 heteroatoms.